The molecule has 1 atom stereocenters. The lowest BCUT2D eigenvalue weighted by Gasteiger charge is -2.22. The summed E-state index contributed by atoms with van der Waals surface area (Å²) in [5.41, 5.74) is 3.61. The Bertz CT molecular complexity index is 635. The van der Waals surface area contributed by atoms with Crippen LogP contribution in [-0.2, 0) is 0 Å². The Hall–Kier alpha value is -1.78. The first kappa shape index (κ1) is 17.6. The molecule has 23 heavy (non-hydrogen) atoms. The minimum atomic E-state index is 0. The molecule has 0 N–H and O–H groups in total. The monoisotopic (exact) mass is 333 g/mol. The topological polar surface area (TPSA) is 32.0 Å². The molecule has 1 aromatic heterocycles. The molecule has 0 saturated heterocycles. The van der Waals surface area contributed by atoms with Gasteiger partial charge in [-0.15, -0.1) is 12.4 Å². The first-order chi connectivity index (χ1) is 10.6. The highest BCUT2D eigenvalue weighted by atomic mass is 35.5. The van der Waals surface area contributed by atoms with E-state index in [1.54, 1.807) is 6.26 Å². The van der Waals surface area contributed by atoms with Crippen LogP contribution in [0, 0.1) is 6.92 Å². The molecule has 2 aromatic rings. The lowest BCUT2D eigenvalue weighted by Crippen LogP contribution is -2.18. The second-order valence-electron chi connectivity index (χ2n) is 6.13. The number of anilines is 1. The number of aryl methyl sites for hydroxylation is 1. The zero-order chi connectivity index (χ0) is 15.5. The van der Waals surface area contributed by atoms with Crippen molar-refractivity contribution in [2.45, 2.75) is 25.8 Å². The first-order valence-electron chi connectivity index (χ1n) is 7.74. The number of hydrazone groups is 1. The van der Waals surface area contributed by atoms with Crippen LogP contribution < -0.4 is 5.01 Å². The molecule has 1 unspecified atom stereocenters. The number of rotatable bonds is 5. The van der Waals surface area contributed by atoms with E-state index in [9.17, 15) is 0 Å². The molecule has 0 aliphatic carbocycles. The zero-order valence-electron chi connectivity index (χ0n) is 13.9. The molecule has 0 fully saturated rings. The summed E-state index contributed by atoms with van der Waals surface area (Å²) in [6.07, 6.45) is 3.66. The summed E-state index contributed by atoms with van der Waals surface area (Å²) in [6.45, 7) is 3.12. The summed E-state index contributed by atoms with van der Waals surface area (Å²) < 4.78 is 5.64. The van der Waals surface area contributed by atoms with E-state index in [0.29, 0.717) is 0 Å². The third-order valence-electron chi connectivity index (χ3n) is 3.99. The summed E-state index contributed by atoms with van der Waals surface area (Å²) in [5.74, 6) is 0.976. The second kappa shape index (κ2) is 7.66. The first-order valence-corrected chi connectivity index (χ1v) is 7.74. The number of nitrogens with zero attached hydrogens (tertiary/aromatic N) is 3. The summed E-state index contributed by atoms with van der Waals surface area (Å²) in [7, 11) is 4.19. The van der Waals surface area contributed by atoms with Gasteiger partial charge in [-0.05, 0) is 45.3 Å². The lowest BCUT2D eigenvalue weighted by molar-refractivity contribution is 0.420. The Balaban J connectivity index is 0.00000192. The maximum Gasteiger partial charge on any atom is 0.128 e. The Kier molecular flexibility index (Phi) is 5.85. The molecule has 0 saturated carbocycles. The van der Waals surface area contributed by atoms with Crippen LogP contribution in [0.3, 0.4) is 0 Å². The number of benzene rings is 1. The number of furan rings is 1. The van der Waals surface area contributed by atoms with E-state index in [1.165, 1.54) is 11.3 Å². The van der Waals surface area contributed by atoms with Gasteiger partial charge < -0.3 is 9.32 Å². The Morgan fingerprint density at radius 3 is 2.57 bits per heavy atom. The van der Waals surface area contributed by atoms with Crippen molar-refractivity contribution in [2.24, 2.45) is 5.10 Å². The predicted molar refractivity (Wildman–Crippen MR) is 97.6 cm³/mol. The Morgan fingerprint density at radius 1 is 1.22 bits per heavy atom. The van der Waals surface area contributed by atoms with Gasteiger partial charge in [0.25, 0.3) is 0 Å². The molecular weight excluding hydrogens is 310 g/mol. The fraction of sp³-hybridized carbons (Fsp3) is 0.389. The Labute approximate surface area is 144 Å². The predicted octanol–water partition coefficient (Wildman–Crippen LogP) is 4.27. The number of hydrogen-bond acceptors (Lipinski definition) is 4. The van der Waals surface area contributed by atoms with Crippen molar-refractivity contribution in [3.8, 4) is 0 Å². The van der Waals surface area contributed by atoms with Gasteiger partial charge >= 0.3 is 0 Å². The highest BCUT2D eigenvalue weighted by Crippen LogP contribution is 2.36. The van der Waals surface area contributed by atoms with E-state index in [4.69, 9.17) is 9.52 Å². The molecule has 124 valence electrons. The van der Waals surface area contributed by atoms with Gasteiger partial charge in [0, 0.05) is 25.1 Å². The summed E-state index contributed by atoms with van der Waals surface area (Å²) >= 11 is 0. The molecule has 2 heterocycles. The van der Waals surface area contributed by atoms with E-state index in [-0.39, 0.29) is 18.4 Å². The normalized spacial score (nSPS) is 17.3. The molecular formula is C18H24ClN3O. The van der Waals surface area contributed by atoms with Gasteiger partial charge in [-0.25, -0.2) is 0 Å². The van der Waals surface area contributed by atoms with E-state index >= 15 is 0 Å². The van der Waals surface area contributed by atoms with Crippen LogP contribution in [-0.4, -0.2) is 31.3 Å². The minimum Gasteiger partial charge on any atom is -0.467 e. The largest absolute Gasteiger partial charge is 0.467 e. The van der Waals surface area contributed by atoms with Crippen LogP contribution in [0.2, 0.25) is 0 Å². The molecule has 0 spiro atoms. The maximum atomic E-state index is 5.64. The van der Waals surface area contributed by atoms with Crippen LogP contribution >= 0.6 is 12.4 Å². The van der Waals surface area contributed by atoms with E-state index in [0.717, 1.165) is 30.8 Å². The number of hydrogen-bond donors (Lipinski definition) is 0. The van der Waals surface area contributed by atoms with Gasteiger partial charge in [0.1, 0.15) is 11.8 Å². The molecule has 5 heteroatoms. The average Bonchev–Trinajstić information content (AvgIpc) is 3.15. The van der Waals surface area contributed by atoms with Gasteiger partial charge in [-0.1, -0.05) is 17.7 Å². The van der Waals surface area contributed by atoms with Crippen molar-refractivity contribution >= 4 is 23.8 Å². The van der Waals surface area contributed by atoms with Gasteiger partial charge in [-0.3, -0.25) is 5.01 Å². The highest BCUT2D eigenvalue weighted by molar-refractivity contribution is 5.89. The quantitative estimate of drug-likeness (QED) is 0.819. The Morgan fingerprint density at radius 2 is 1.96 bits per heavy atom. The number of halogens is 1. The standard InChI is InChI=1S/C18H23N3O.ClH/c1-14-6-8-16(9-7-14)21-17(18-5-4-12-22-18)13-15(19-21)10-11-20(2)3;/h4-9,12,17H,10-11,13H2,1-3H3;1H. The van der Waals surface area contributed by atoms with Crippen LogP contribution in [0.5, 0.6) is 0 Å². The van der Waals surface area contributed by atoms with Crippen molar-refractivity contribution in [2.75, 3.05) is 25.6 Å². The van der Waals surface area contributed by atoms with Crippen molar-refractivity contribution in [1.29, 1.82) is 0 Å². The summed E-state index contributed by atoms with van der Waals surface area (Å²) in [5, 5.41) is 6.96. The fourth-order valence-corrected chi connectivity index (χ4v) is 2.71. The fourth-order valence-electron chi connectivity index (χ4n) is 2.71. The third kappa shape index (κ3) is 4.15. The van der Waals surface area contributed by atoms with Gasteiger partial charge in [0.2, 0.25) is 0 Å². The van der Waals surface area contributed by atoms with Crippen molar-refractivity contribution in [3.05, 3.63) is 54.0 Å². The second-order valence-corrected chi connectivity index (χ2v) is 6.13. The van der Waals surface area contributed by atoms with Crippen LogP contribution in [0.4, 0.5) is 5.69 Å². The van der Waals surface area contributed by atoms with Crippen LogP contribution in [0.1, 0.15) is 30.2 Å². The zero-order valence-corrected chi connectivity index (χ0v) is 14.7. The van der Waals surface area contributed by atoms with Crippen molar-refractivity contribution < 1.29 is 4.42 Å². The van der Waals surface area contributed by atoms with Crippen molar-refractivity contribution in [3.63, 3.8) is 0 Å². The van der Waals surface area contributed by atoms with Gasteiger partial charge in [0.05, 0.1) is 12.0 Å². The van der Waals surface area contributed by atoms with E-state index in [2.05, 4.69) is 55.2 Å². The molecule has 3 rings (SSSR count). The van der Waals surface area contributed by atoms with Crippen LogP contribution in [0.15, 0.2) is 52.2 Å². The molecule has 0 bridgehead atoms. The average molecular weight is 334 g/mol. The maximum absolute atomic E-state index is 5.64. The minimum absolute atomic E-state index is 0. The van der Waals surface area contributed by atoms with E-state index < -0.39 is 0 Å². The van der Waals surface area contributed by atoms with E-state index in [1.807, 2.05) is 12.1 Å². The summed E-state index contributed by atoms with van der Waals surface area (Å²) in [6, 6.07) is 12.7. The third-order valence-corrected chi connectivity index (χ3v) is 3.99. The molecule has 4 nitrogen and oxygen atoms in total. The lowest BCUT2D eigenvalue weighted by atomic mass is 10.1. The smallest absolute Gasteiger partial charge is 0.128 e. The molecule has 1 aliphatic rings. The SMILES string of the molecule is Cc1ccc(N2N=C(CCN(C)C)CC2c2ccco2)cc1.Cl. The van der Waals surface area contributed by atoms with Crippen LogP contribution in [0.25, 0.3) is 0 Å². The van der Waals surface area contributed by atoms with Gasteiger partial charge in [0.15, 0.2) is 0 Å². The molecule has 0 radical (unpaired) electrons. The van der Waals surface area contributed by atoms with Crippen molar-refractivity contribution in [1.82, 2.24) is 4.90 Å². The summed E-state index contributed by atoms with van der Waals surface area (Å²) in [4.78, 5) is 2.19. The van der Waals surface area contributed by atoms with Gasteiger partial charge in [-0.2, -0.15) is 5.10 Å². The molecule has 1 aliphatic heterocycles. The molecule has 0 amide bonds. The molecule has 1 aromatic carbocycles. The highest BCUT2D eigenvalue weighted by Gasteiger charge is 2.30.